The molecule has 0 aliphatic heterocycles. The lowest BCUT2D eigenvalue weighted by Gasteiger charge is -2.25. The Balaban J connectivity index is 2.97. The molecule has 0 saturated heterocycles. The van der Waals surface area contributed by atoms with Crippen molar-refractivity contribution in [3.8, 4) is 6.07 Å². The number of nitrogens with two attached hydrogens (primary N) is 1. The van der Waals surface area contributed by atoms with Gasteiger partial charge in [0.1, 0.15) is 5.82 Å². The highest BCUT2D eigenvalue weighted by molar-refractivity contribution is 5.49. The fourth-order valence-corrected chi connectivity index (χ4v) is 1.83. The van der Waals surface area contributed by atoms with Crippen LogP contribution in [0, 0.1) is 23.1 Å². The van der Waals surface area contributed by atoms with Gasteiger partial charge in [-0.15, -0.1) is 0 Å². The van der Waals surface area contributed by atoms with Gasteiger partial charge < -0.3 is 10.6 Å². The largest absolute Gasteiger partial charge is 0.368 e. The molecular weight excluding hydrogens is 229 g/mol. The van der Waals surface area contributed by atoms with Gasteiger partial charge >= 0.3 is 0 Å². The van der Waals surface area contributed by atoms with Crippen molar-refractivity contribution < 1.29 is 4.39 Å². The van der Waals surface area contributed by atoms with Crippen molar-refractivity contribution in [1.29, 1.82) is 5.26 Å². The van der Waals surface area contributed by atoms with Gasteiger partial charge in [-0.1, -0.05) is 6.07 Å². The third-order valence-electron chi connectivity index (χ3n) is 2.93. The maximum Gasteiger partial charge on any atom is 0.146 e. The molecule has 0 aromatic heterocycles. The molecule has 2 atom stereocenters. The van der Waals surface area contributed by atoms with Gasteiger partial charge in [-0.05, 0) is 38.5 Å². The number of benzene rings is 1. The van der Waals surface area contributed by atoms with Crippen LogP contribution >= 0.6 is 0 Å². The Labute approximate surface area is 108 Å². The molecule has 1 rings (SSSR count). The van der Waals surface area contributed by atoms with Crippen LogP contribution in [-0.4, -0.2) is 13.1 Å². The summed E-state index contributed by atoms with van der Waals surface area (Å²) in [5.41, 5.74) is 7.03. The van der Waals surface area contributed by atoms with Gasteiger partial charge in [0.05, 0.1) is 17.7 Å². The summed E-state index contributed by atoms with van der Waals surface area (Å²) in [6.45, 7) is 6.80. The Hall–Kier alpha value is -1.60. The molecule has 0 amide bonds. The van der Waals surface area contributed by atoms with Gasteiger partial charge in [0.25, 0.3) is 0 Å². The second-order valence-corrected chi connectivity index (χ2v) is 4.57. The van der Waals surface area contributed by atoms with Crippen LogP contribution in [0.1, 0.15) is 32.4 Å². The highest BCUT2D eigenvalue weighted by atomic mass is 19.1. The van der Waals surface area contributed by atoms with Crippen molar-refractivity contribution in [2.75, 3.05) is 18.0 Å². The number of hydrogen-bond donors (Lipinski definition) is 1. The molecule has 98 valence electrons. The summed E-state index contributed by atoms with van der Waals surface area (Å²) in [6, 6.07) is 7.03. The first-order valence-corrected chi connectivity index (χ1v) is 6.19. The number of hydrogen-bond acceptors (Lipinski definition) is 3. The van der Waals surface area contributed by atoms with Crippen LogP contribution < -0.4 is 10.6 Å². The molecule has 3 nitrogen and oxygen atoms in total. The van der Waals surface area contributed by atoms with Crippen LogP contribution in [0.15, 0.2) is 18.2 Å². The lowest BCUT2D eigenvalue weighted by molar-refractivity contribution is 0.603. The number of anilines is 1. The van der Waals surface area contributed by atoms with Crippen molar-refractivity contribution in [3.05, 3.63) is 29.6 Å². The Morgan fingerprint density at radius 3 is 2.56 bits per heavy atom. The van der Waals surface area contributed by atoms with E-state index in [4.69, 9.17) is 11.0 Å². The maximum atomic E-state index is 14.0. The molecule has 1 aromatic rings. The third kappa shape index (κ3) is 3.44. The zero-order chi connectivity index (χ0) is 13.7. The van der Waals surface area contributed by atoms with E-state index < -0.39 is 0 Å². The average molecular weight is 249 g/mol. The van der Waals surface area contributed by atoms with Crippen LogP contribution in [0.5, 0.6) is 0 Å². The lowest BCUT2D eigenvalue weighted by atomic mass is 10.1. The summed E-state index contributed by atoms with van der Waals surface area (Å²) in [7, 11) is 0. The first-order valence-electron chi connectivity index (χ1n) is 6.19. The normalized spacial score (nSPS) is 13.8. The predicted octanol–water partition coefficient (Wildman–Crippen LogP) is 2.83. The van der Waals surface area contributed by atoms with Crippen molar-refractivity contribution in [2.24, 2.45) is 11.7 Å². The maximum absolute atomic E-state index is 14.0. The third-order valence-corrected chi connectivity index (χ3v) is 2.93. The summed E-state index contributed by atoms with van der Waals surface area (Å²) in [6.07, 6.45) is 0. The van der Waals surface area contributed by atoms with Crippen molar-refractivity contribution >= 4 is 5.69 Å². The van der Waals surface area contributed by atoms with E-state index in [-0.39, 0.29) is 17.8 Å². The molecule has 0 radical (unpaired) electrons. The SMILES string of the molecule is CCN(CC(C)C#N)c1ccc(C(C)N)cc1F. The van der Waals surface area contributed by atoms with E-state index in [0.717, 1.165) is 5.56 Å². The van der Waals surface area contributed by atoms with E-state index in [0.29, 0.717) is 18.8 Å². The summed E-state index contributed by atoms with van der Waals surface area (Å²) < 4.78 is 14.0. The molecule has 0 saturated carbocycles. The Morgan fingerprint density at radius 1 is 1.44 bits per heavy atom. The highest BCUT2D eigenvalue weighted by Crippen LogP contribution is 2.23. The minimum atomic E-state index is -0.281. The number of nitriles is 1. The molecule has 0 bridgehead atoms. The summed E-state index contributed by atoms with van der Waals surface area (Å²) in [5, 5.41) is 8.83. The number of nitrogens with zero attached hydrogens (tertiary/aromatic N) is 2. The van der Waals surface area contributed by atoms with E-state index in [1.165, 1.54) is 6.07 Å². The minimum Gasteiger partial charge on any atom is -0.368 e. The van der Waals surface area contributed by atoms with Crippen LogP contribution in [0.25, 0.3) is 0 Å². The molecule has 2 N–H and O–H groups in total. The van der Waals surface area contributed by atoms with Crippen molar-refractivity contribution in [2.45, 2.75) is 26.8 Å². The quantitative estimate of drug-likeness (QED) is 0.873. The first-order chi connectivity index (χ1) is 8.49. The zero-order valence-corrected chi connectivity index (χ0v) is 11.2. The van der Waals surface area contributed by atoms with Crippen LogP contribution in [0.4, 0.5) is 10.1 Å². The predicted molar refractivity (Wildman–Crippen MR) is 71.7 cm³/mol. The molecule has 0 aliphatic rings. The second kappa shape index (κ2) is 6.36. The van der Waals surface area contributed by atoms with Gasteiger partial charge in [-0.25, -0.2) is 4.39 Å². The smallest absolute Gasteiger partial charge is 0.146 e. The Bertz CT molecular complexity index is 437. The molecule has 0 heterocycles. The molecule has 1 aromatic carbocycles. The minimum absolute atomic E-state index is 0.127. The monoisotopic (exact) mass is 249 g/mol. The molecule has 2 unspecified atom stereocenters. The fraction of sp³-hybridized carbons (Fsp3) is 0.500. The Morgan fingerprint density at radius 2 is 2.11 bits per heavy atom. The average Bonchev–Trinajstić information content (AvgIpc) is 2.35. The van der Waals surface area contributed by atoms with Gasteiger partial charge in [0, 0.05) is 19.1 Å². The van der Waals surface area contributed by atoms with Crippen LogP contribution in [0.3, 0.4) is 0 Å². The van der Waals surface area contributed by atoms with Crippen LogP contribution in [-0.2, 0) is 0 Å². The molecule has 0 fully saturated rings. The summed E-state index contributed by atoms with van der Waals surface area (Å²) in [5.74, 6) is -0.408. The molecule has 4 heteroatoms. The topological polar surface area (TPSA) is 53.0 Å². The van der Waals surface area contributed by atoms with Gasteiger partial charge in [0.15, 0.2) is 0 Å². The lowest BCUT2D eigenvalue weighted by Crippen LogP contribution is -2.28. The Kier molecular flexibility index (Phi) is 5.11. The number of halogens is 1. The molecule has 18 heavy (non-hydrogen) atoms. The zero-order valence-electron chi connectivity index (χ0n) is 11.2. The number of rotatable bonds is 5. The highest BCUT2D eigenvalue weighted by Gasteiger charge is 2.14. The van der Waals surface area contributed by atoms with E-state index >= 15 is 0 Å². The van der Waals surface area contributed by atoms with Gasteiger partial charge in [-0.2, -0.15) is 5.26 Å². The molecule has 0 aliphatic carbocycles. The van der Waals surface area contributed by atoms with E-state index in [9.17, 15) is 4.39 Å². The van der Waals surface area contributed by atoms with Crippen molar-refractivity contribution in [1.82, 2.24) is 0 Å². The fourth-order valence-electron chi connectivity index (χ4n) is 1.83. The van der Waals surface area contributed by atoms with Gasteiger partial charge in [-0.3, -0.25) is 0 Å². The van der Waals surface area contributed by atoms with Crippen molar-refractivity contribution in [3.63, 3.8) is 0 Å². The second-order valence-electron chi connectivity index (χ2n) is 4.57. The van der Waals surface area contributed by atoms with Gasteiger partial charge in [0.2, 0.25) is 0 Å². The first kappa shape index (κ1) is 14.5. The molecular formula is C14H20FN3. The van der Waals surface area contributed by atoms with E-state index in [1.807, 2.05) is 31.7 Å². The van der Waals surface area contributed by atoms with Crippen LogP contribution in [0.2, 0.25) is 0 Å². The summed E-state index contributed by atoms with van der Waals surface area (Å²) >= 11 is 0. The standard InChI is InChI=1S/C14H20FN3/c1-4-18(9-10(2)8-16)14-6-5-12(11(3)17)7-13(14)15/h5-7,10-11H,4,9,17H2,1-3H3. The molecule has 0 spiro atoms. The van der Waals surface area contributed by atoms with E-state index in [2.05, 4.69) is 6.07 Å². The summed E-state index contributed by atoms with van der Waals surface area (Å²) in [4.78, 5) is 1.87. The van der Waals surface area contributed by atoms with E-state index in [1.54, 1.807) is 6.07 Å².